The van der Waals surface area contributed by atoms with Gasteiger partial charge in [-0.05, 0) is 0 Å². The van der Waals surface area contributed by atoms with Crippen LogP contribution in [0.2, 0.25) is 35.0 Å². The Bertz CT molecular complexity index is 97.3. The van der Waals surface area contributed by atoms with Crippen molar-refractivity contribution in [2.45, 2.75) is 62.7 Å². The van der Waals surface area contributed by atoms with Crippen LogP contribution >= 0.6 is 0 Å². The van der Waals surface area contributed by atoms with Crippen molar-refractivity contribution >= 4 is 0 Å². The first-order valence-corrected chi connectivity index (χ1v) is 23.0. The zero-order chi connectivity index (χ0) is 11.8. The Balaban J connectivity index is 0. The molecule has 0 radical (unpaired) electrons. The quantitative estimate of drug-likeness (QED) is 0.559. The van der Waals surface area contributed by atoms with Crippen LogP contribution in [0.5, 0.6) is 0 Å². The van der Waals surface area contributed by atoms with Crippen LogP contribution in [0.4, 0.5) is 0 Å². The van der Waals surface area contributed by atoms with E-state index in [2.05, 4.69) is 46.2 Å². The van der Waals surface area contributed by atoms with E-state index in [1.807, 2.05) is 0 Å². The van der Waals surface area contributed by atoms with Crippen LogP contribution in [0.1, 0.15) is 27.7 Å². The topological polar surface area (TPSA) is 0 Å². The summed E-state index contributed by atoms with van der Waals surface area (Å²) in [4.78, 5) is 0. The van der Waals surface area contributed by atoms with Gasteiger partial charge >= 0.3 is 103 Å². The first-order valence-electron chi connectivity index (χ1n) is 6.24. The molecule has 0 saturated heterocycles. The predicted molar refractivity (Wildman–Crippen MR) is 65.4 cm³/mol. The van der Waals surface area contributed by atoms with E-state index in [4.69, 9.17) is 0 Å². The van der Waals surface area contributed by atoms with Gasteiger partial charge in [-0.2, -0.15) is 0 Å². The summed E-state index contributed by atoms with van der Waals surface area (Å²) in [7, 11) is 0. The average molecular weight is 359 g/mol. The molecule has 0 aliphatic rings. The molecule has 0 saturated carbocycles. The first kappa shape index (κ1) is 18.1. The van der Waals surface area contributed by atoms with Crippen molar-refractivity contribution in [3.63, 3.8) is 0 Å². The maximum absolute atomic E-state index is 2.40. The third-order valence-corrected chi connectivity index (χ3v) is 17.7. The Kier molecular flexibility index (Phi) is 11.5. The second kappa shape index (κ2) is 8.87. The fourth-order valence-electron chi connectivity index (χ4n) is 1.50. The number of hydrogen-bond acceptors (Lipinski definition) is 0. The molecule has 88 valence electrons. The van der Waals surface area contributed by atoms with Crippen molar-refractivity contribution in [2.75, 3.05) is 0 Å². The third-order valence-electron chi connectivity index (χ3n) is 3.00. The van der Waals surface area contributed by atoms with E-state index < -0.39 is 40.5 Å². The van der Waals surface area contributed by atoms with Gasteiger partial charge in [0.05, 0.1) is 0 Å². The summed E-state index contributed by atoms with van der Waals surface area (Å²) >= 11 is -2.57. The van der Waals surface area contributed by atoms with Crippen LogP contribution in [0.15, 0.2) is 0 Å². The van der Waals surface area contributed by atoms with Crippen LogP contribution in [0, 0.1) is 0 Å². The SMILES string of the molecule is C[CH2][Zr]([CH2]C)([CH2]C)[CH2]C.[CH3][Zr]([CH3])([CH3])[CH3]. The Labute approximate surface area is 102 Å². The Morgan fingerprint density at radius 2 is 0.714 bits per heavy atom. The van der Waals surface area contributed by atoms with Gasteiger partial charge in [0.2, 0.25) is 0 Å². The summed E-state index contributed by atoms with van der Waals surface area (Å²) in [5.74, 6) is 0. The van der Waals surface area contributed by atoms with Gasteiger partial charge in [-0.15, -0.1) is 0 Å². The van der Waals surface area contributed by atoms with Crippen molar-refractivity contribution in [3.05, 3.63) is 0 Å². The van der Waals surface area contributed by atoms with Crippen molar-refractivity contribution in [1.29, 1.82) is 0 Å². The fourth-order valence-corrected chi connectivity index (χ4v) is 8.87. The minimum absolute atomic E-state index is 1.18. The zero-order valence-electron chi connectivity index (χ0n) is 11.8. The van der Waals surface area contributed by atoms with Crippen LogP contribution in [0.3, 0.4) is 0 Å². The maximum atomic E-state index is 2.40. The molecule has 0 rings (SSSR count). The molecule has 0 heterocycles. The second-order valence-corrected chi connectivity index (χ2v) is 35.0. The number of rotatable bonds is 4. The van der Waals surface area contributed by atoms with Gasteiger partial charge in [0.25, 0.3) is 0 Å². The summed E-state index contributed by atoms with van der Waals surface area (Å²) in [6.45, 7) is 9.58. The molecule has 0 unspecified atom stereocenters. The minimum atomic E-state index is -1.39. The molecule has 0 amide bonds. The molecule has 0 aromatic rings. The molecule has 0 bridgehead atoms. The van der Waals surface area contributed by atoms with Crippen LogP contribution < -0.4 is 0 Å². The molecule has 2 heteroatoms. The van der Waals surface area contributed by atoms with E-state index in [1.165, 1.54) is 0 Å². The molecule has 0 aromatic carbocycles. The van der Waals surface area contributed by atoms with Crippen molar-refractivity contribution in [1.82, 2.24) is 0 Å². The standard InChI is InChI=1S/4C2H5.4CH3.2Zr/c4*1-2;;;;;;/h4*1H2,2H3;4*1H3;;. The zero-order valence-corrected chi connectivity index (χ0v) is 16.7. The molecular formula is C12H32Zr2. The van der Waals surface area contributed by atoms with E-state index in [-0.39, 0.29) is 0 Å². The predicted octanol–water partition coefficient (Wildman–Crippen LogP) is 6.23. The summed E-state index contributed by atoms with van der Waals surface area (Å²) in [5.41, 5.74) is 0. The van der Waals surface area contributed by atoms with Gasteiger partial charge in [-0.25, -0.2) is 0 Å². The Morgan fingerprint density at radius 1 is 0.571 bits per heavy atom. The molecule has 0 N–H and O–H groups in total. The number of hydrogen-bond donors (Lipinski definition) is 0. The van der Waals surface area contributed by atoms with Crippen molar-refractivity contribution < 1.29 is 40.5 Å². The van der Waals surface area contributed by atoms with Crippen molar-refractivity contribution in [3.8, 4) is 0 Å². The van der Waals surface area contributed by atoms with Gasteiger partial charge in [0.15, 0.2) is 0 Å². The first-order chi connectivity index (χ1) is 6.24. The summed E-state index contributed by atoms with van der Waals surface area (Å²) in [6, 6.07) is 0. The summed E-state index contributed by atoms with van der Waals surface area (Å²) < 4.78 is 15.8. The average Bonchev–Trinajstić information content (AvgIpc) is 2.07. The molecule has 0 nitrogen and oxygen atoms in total. The van der Waals surface area contributed by atoms with Gasteiger partial charge in [-0.1, -0.05) is 0 Å². The molecular weight excluding hydrogens is 327 g/mol. The van der Waals surface area contributed by atoms with Crippen LogP contribution in [-0.4, -0.2) is 0 Å². The van der Waals surface area contributed by atoms with E-state index >= 15 is 0 Å². The molecule has 0 spiro atoms. The Morgan fingerprint density at radius 3 is 0.714 bits per heavy atom. The molecule has 0 aliphatic heterocycles. The summed E-state index contributed by atoms with van der Waals surface area (Å²) in [5, 5.41) is 0. The molecule has 0 aliphatic carbocycles. The van der Waals surface area contributed by atoms with Crippen molar-refractivity contribution in [2.24, 2.45) is 0 Å². The van der Waals surface area contributed by atoms with Gasteiger partial charge < -0.3 is 0 Å². The molecule has 14 heavy (non-hydrogen) atoms. The molecule has 0 fully saturated rings. The van der Waals surface area contributed by atoms with Gasteiger partial charge in [0.1, 0.15) is 0 Å². The van der Waals surface area contributed by atoms with E-state index in [1.54, 1.807) is 16.5 Å². The third kappa shape index (κ3) is 11.8. The van der Waals surface area contributed by atoms with E-state index in [0.717, 1.165) is 0 Å². The Hall–Kier alpha value is 1.77. The monoisotopic (exact) mass is 356 g/mol. The van der Waals surface area contributed by atoms with Gasteiger partial charge in [-0.3, -0.25) is 0 Å². The summed E-state index contributed by atoms with van der Waals surface area (Å²) in [6.07, 6.45) is 0. The fraction of sp³-hybridized carbons (Fsp3) is 1.00. The van der Waals surface area contributed by atoms with Crippen LogP contribution in [0.25, 0.3) is 0 Å². The van der Waals surface area contributed by atoms with Crippen LogP contribution in [-0.2, 0) is 40.5 Å². The second-order valence-electron chi connectivity index (χ2n) is 5.91. The normalized spacial score (nSPS) is 12.0. The van der Waals surface area contributed by atoms with E-state index in [9.17, 15) is 0 Å². The van der Waals surface area contributed by atoms with E-state index in [0.29, 0.717) is 0 Å². The molecule has 0 aromatic heterocycles. The van der Waals surface area contributed by atoms with Gasteiger partial charge in [0, 0.05) is 0 Å². The molecule has 0 atom stereocenters.